The van der Waals surface area contributed by atoms with Crippen molar-refractivity contribution in [1.29, 1.82) is 0 Å². The number of benzene rings is 1. The topological polar surface area (TPSA) is 100 Å². The van der Waals surface area contributed by atoms with Crippen LogP contribution in [0.25, 0.3) is 28.6 Å². The summed E-state index contributed by atoms with van der Waals surface area (Å²) < 4.78 is 47.3. The van der Waals surface area contributed by atoms with E-state index in [4.69, 9.17) is 4.42 Å². The van der Waals surface area contributed by atoms with Gasteiger partial charge in [0, 0.05) is 5.56 Å². The number of aromatic nitrogens is 6. The number of ether oxygens (including phenoxy) is 1. The van der Waals surface area contributed by atoms with Gasteiger partial charge in [0.25, 0.3) is 0 Å². The van der Waals surface area contributed by atoms with Crippen LogP contribution in [0.3, 0.4) is 0 Å². The van der Waals surface area contributed by atoms with Crippen molar-refractivity contribution in [1.82, 2.24) is 29.4 Å². The molecule has 0 aliphatic heterocycles. The number of fused-ring (bicyclic) bond motifs is 1. The zero-order valence-corrected chi connectivity index (χ0v) is 14.0. The molecule has 0 spiro atoms. The fraction of sp³-hybridized carbons (Fsp3) is 0.188. The Morgan fingerprint density at radius 2 is 1.93 bits per heavy atom. The minimum Gasteiger partial charge on any atom is -0.435 e. The second kappa shape index (κ2) is 6.88. The summed E-state index contributed by atoms with van der Waals surface area (Å²) in [5, 5.41) is 7.48. The van der Waals surface area contributed by atoms with Crippen LogP contribution in [0.2, 0.25) is 0 Å². The standard InChI is InChI=1S/C16H11F3N6O3/c17-16(18,19)27-7-6-25-15(26)24-9-21-12(13(24)22-23-25)14-20-8-11(28-14)10-4-2-1-3-5-10/h1-5,8-9H,6-7H2. The summed E-state index contributed by atoms with van der Waals surface area (Å²) in [4.78, 5) is 20.6. The maximum absolute atomic E-state index is 12.4. The van der Waals surface area contributed by atoms with Crippen LogP contribution in [0.5, 0.6) is 0 Å². The van der Waals surface area contributed by atoms with Crippen LogP contribution in [-0.2, 0) is 11.3 Å². The summed E-state index contributed by atoms with van der Waals surface area (Å²) >= 11 is 0. The molecule has 0 atom stereocenters. The van der Waals surface area contributed by atoms with E-state index in [2.05, 4.69) is 25.0 Å². The average Bonchev–Trinajstić information content (AvgIpc) is 3.30. The molecule has 9 nitrogen and oxygen atoms in total. The lowest BCUT2D eigenvalue weighted by Crippen LogP contribution is -2.32. The van der Waals surface area contributed by atoms with Gasteiger partial charge in [-0.05, 0) is 0 Å². The van der Waals surface area contributed by atoms with Crippen molar-refractivity contribution in [2.75, 3.05) is 6.61 Å². The lowest BCUT2D eigenvalue weighted by Gasteiger charge is -2.07. The fourth-order valence-corrected chi connectivity index (χ4v) is 2.50. The van der Waals surface area contributed by atoms with E-state index in [0.717, 1.165) is 14.6 Å². The minimum absolute atomic E-state index is 0.0689. The number of halogens is 3. The molecule has 0 radical (unpaired) electrons. The van der Waals surface area contributed by atoms with Gasteiger partial charge in [-0.2, -0.15) is 4.68 Å². The highest BCUT2D eigenvalue weighted by molar-refractivity contribution is 5.68. The van der Waals surface area contributed by atoms with E-state index in [1.807, 2.05) is 30.3 Å². The van der Waals surface area contributed by atoms with E-state index < -0.39 is 25.2 Å². The van der Waals surface area contributed by atoms with Crippen molar-refractivity contribution >= 4 is 5.65 Å². The van der Waals surface area contributed by atoms with Crippen LogP contribution in [0.4, 0.5) is 13.2 Å². The Morgan fingerprint density at radius 3 is 2.68 bits per heavy atom. The van der Waals surface area contributed by atoms with E-state index in [1.165, 1.54) is 12.5 Å². The van der Waals surface area contributed by atoms with Crippen molar-refractivity contribution in [3.8, 4) is 22.9 Å². The Bertz CT molecular complexity index is 1170. The Hall–Kier alpha value is -3.54. The molecule has 0 aliphatic rings. The molecule has 0 saturated carbocycles. The highest BCUT2D eigenvalue weighted by Crippen LogP contribution is 2.26. The van der Waals surface area contributed by atoms with Crippen LogP contribution in [-0.4, -0.2) is 42.3 Å². The van der Waals surface area contributed by atoms with Crippen molar-refractivity contribution in [2.24, 2.45) is 0 Å². The Balaban J connectivity index is 1.63. The fourth-order valence-electron chi connectivity index (χ4n) is 2.50. The maximum atomic E-state index is 12.4. The predicted molar refractivity (Wildman–Crippen MR) is 88.0 cm³/mol. The lowest BCUT2D eigenvalue weighted by atomic mass is 10.2. The van der Waals surface area contributed by atoms with Crippen LogP contribution in [0, 0.1) is 0 Å². The molecule has 4 aromatic rings. The Labute approximate surface area is 154 Å². The third kappa shape index (κ3) is 3.49. The number of imidazole rings is 1. The van der Waals surface area contributed by atoms with Gasteiger partial charge in [0.15, 0.2) is 17.1 Å². The molecule has 4 rings (SSSR count). The maximum Gasteiger partial charge on any atom is 0.522 e. The molecule has 3 heterocycles. The number of hydrogen-bond donors (Lipinski definition) is 0. The molecule has 3 aromatic heterocycles. The number of nitrogens with zero attached hydrogens (tertiary/aromatic N) is 6. The zero-order chi connectivity index (χ0) is 19.7. The number of hydrogen-bond acceptors (Lipinski definition) is 7. The summed E-state index contributed by atoms with van der Waals surface area (Å²) in [6.45, 7) is -1.20. The van der Waals surface area contributed by atoms with Gasteiger partial charge in [-0.1, -0.05) is 35.5 Å². The van der Waals surface area contributed by atoms with Gasteiger partial charge in [0.05, 0.1) is 19.3 Å². The van der Waals surface area contributed by atoms with Crippen molar-refractivity contribution in [3.05, 3.63) is 53.3 Å². The van der Waals surface area contributed by atoms with E-state index in [1.54, 1.807) is 0 Å². The van der Waals surface area contributed by atoms with E-state index in [9.17, 15) is 18.0 Å². The molecular formula is C16H11F3N6O3. The van der Waals surface area contributed by atoms with Gasteiger partial charge in [-0.15, -0.1) is 18.3 Å². The largest absolute Gasteiger partial charge is 0.522 e. The zero-order valence-electron chi connectivity index (χ0n) is 14.0. The molecule has 144 valence electrons. The van der Waals surface area contributed by atoms with Crippen LogP contribution in [0.1, 0.15) is 0 Å². The summed E-state index contributed by atoms with van der Waals surface area (Å²) in [7, 11) is 0. The minimum atomic E-state index is -4.79. The highest BCUT2D eigenvalue weighted by atomic mass is 19.4. The quantitative estimate of drug-likeness (QED) is 0.513. The Kier molecular flexibility index (Phi) is 4.39. The van der Waals surface area contributed by atoms with Crippen molar-refractivity contribution in [3.63, 3.8) is 0 Å². The second-order valence-electron chi connectivity index (χ2n) is 5.57. The summed E-state index contributed by atoms with van der Waals surface area (Å²) in [5.74, 6) is 0.635. The molecular weight excluding hydrogens is 381 g/mol. The van der Waals surface area contributed by atoms with Crippen LogP contribution in [0.15, 0.2) is 52.1 Å². The first-order valence-electron chi connectivity index (χ1n) is 7.95. The first-order chi connectivity index (χ1) is 13.4. The Morgan fingerprint density at radius 1 is 1.14 bits per heavy atom. The predicted octanol–water partition coefficient (Wildman–Crippen LogP) is 2.14. The molecule has 0 amide bonds. The average molecular weight is 392 g/mol. The van der Waals surface area contributed by atoms with Crippen LogP contribution >= 0.6 is 0 Å². The molecule has 0 bridgehead atoms. The molecule has 0 N–H and O–H groups in total. The van der Waals surface area contributed by atoms with Gasteiger partial charge >= 0.3 is 12.1 Å². The highest BCUT2D eigenvalue weighted by Gasteiger charge is 2.29. The number of alkyl halides is 3. The number of oxazole rings is 1. The summed E-state index contributed by atoms with van der Waals surface area (Å²) in [6.07, 6.45) is -2.10. The number of rotatable bonds is 5. The van der Waals surface area contributed by atoms with E-state index in [0.29, 0.717) is 5.76 Å². The van der Waals surface area contributed by atoms with Crippen molar-refractivity contribution in [2.45, 2.75) is 12.9 Å². The van der Waals surface area contributed by atoms with E-state index >= 15 is 0 Å². The van der Waals surface area contributed by atoms with Gasteiger partial charge in [-0.3, -0.25) is 4.74 Å². The second-order valence-corrected chi connectivity index (χ2v) is 5.57. The van der Waals surface area contributed by atoms with Gasteiger partial charge in [0.2, 0.25) is 5.89 Å². The van der Waals surface area contributed by atoms with Crippen LogP contribution < -0.4 is 5.69 Å². The van der Waals surface area contributed by atoms with Gasteiger partial charge in [0.1, 0.15) is 6.33 Å². The molecule has 28 heavy (non-hydrogen) atoms. The van der Waals surface area contributed by atoms with E-state index in [-0.39, 0.29) is 17.2 Å². The lowest BCUT2D eigenvalue weighted by molar-refractivity contribution is -0.325. The molecule has 0 unspecified atom stereocenters. The molecule has 12 heteroatoms. The normalized spacial score (nSPS) is 12.0. The molecule has 0 fully saturated rings. The first kappa shape index (κ1) is 17.9. The smallest absolute Gasteiger partial charge is 0.435 e. The monoisotopic (exact) mass is 392 g/mol. The SMILES string of the molecule is O=c1n(CCOC(F)(F)F)nnc2c(-c3ncc(-c4ccccc4)o3)ncn12. The molecule has 0 aliphatic carbocycles. The molecule has 0 saturated heterocycles. The van der Waals surface area contributed by atoms with Crippen molar-refractivity contribution < 1.29 is 22.3 Å². The first-order valence-corrected chi connectivity index (χ1v) is 7.95. The third-order valence-electron chi connectivity index (χ3n) is 3.75. The van der Waals surface area contributed by atoms with Gasteiger partial charge < -0.3 is 4.42 Å². The summed E-state index contributed by atoms with van der Waals surface area (Å²) in [6, 6.07) is 9.25. The molecule has 1 aromatic carbocycles. The third-order valence-corrected chi connectivity index (χ3v) is 3.75. The summed E-state index contributed by atoms with van der Waals surface area (Å²) in [5.41, 5.74) is 0.345. The van der Waals surface area contributed by atoms with Gasteiger partial charge in [-0.25, -0.2) is 19.2 Å².